The van der Waals surface area contributed by atoms with Crippen molar-refractivity contribution in [3.63, 3.8) is 0 Å². The Balaban J connectivity index is 2.81. The zero-order chi connectivity index (χ0) is 9.07. The molecule has 0 aromatic carbocycles. The molecule has 0 heterocycles. The molecule has 0 aromatic heterocycles. The van der Waals surface area contributed by atoms with Gasteiger partial charge in [0.05, 0.1) is 6.54 Å². The van der Waals surface area contributed by atoms with Crippen molar-refractivity contribution in [1.29, 1.82) is 0 Å². The van der Waals surface area contributed by atoms with Gasteiger partial charge in [-0.25, -0.2) is 0 Å². The summed E-state index contributed by atoms with van der Waals surface area (Å²) in [5, 5.41) is 2.79. The molecular formula is C9H17NO2. The molecule has 0 amide bonds. The SMILES string of the molecule is O=CCCCCCCCCN=O. The van der Waals surface area contributed by atoms with Crippen LogP contribution in [0.3, 0.4) is 0 Å². The minimum absolute atomic E-state index is 0.453. The van der Waals surface area contributed by atoms with Gasteiger partial charge in [0.2, 0.25) is 0 Å². The van der Waals surface area contributed by atoms with Gasteiger partial charge in [0.15, 0.2) is 0 Å². The Morgan fingerprint density at radius 2 is 1.50 bits per heavy atom. The third-order valence-electron chi connectivity index (χ3n) is 1.82. The van der Waals surface area contributed by atoms with Crippen LogP contribution in [0.25, 0.3) is 0 Å². The Morgan fingerprint density at radius 1 is 0.917 bits per heavy atom. The van der Waals surface area contributed by atoms with Crippen molar-refractivity contribution >= 4 is 6.29 Å². The molecule has 0 aliphatic rings. The maximum atomic E-state index is 9.93. The maximum Gasteiger partial charge on any atom is 0.119 e. The molecule has 0 radical (unpaired) electrons. The number of nitroso groups, excluding NO2 is 1. The monoisotopic (exact) mass is 171 g/mol. The Labute approximate surface area is 73.5 Å². The van der Waals surface area contributed by atoms with Crippen LogP contribution in [-0.4, -0.2) is 12.8 Å². The van der Waals surface area contributed by atoms with Gasteiger partial charge in [0, 0.05) is 6.42 Å². The summed E-state index contributed by atoms with van der Waals surface area (Å²) in [4.78, 5) is 19.6. The number of hydrogen-bond donors (Lipinski definition) is 0. The number of rotatable bonds is 9. The van der Waals surface area contributed by atoms with Crippen molar-refractivity contribution < 1.29 is 4.79 Å². The standard InChI is InChI=1S/C9H17NO2/c11-9-7-5-3-1-2-4-6-8-10-12/h9H,1-8H2. The minimum atomic E-state index is 0.453. The molecule has 0 rings (SSSR count). The van der Waals surface area contributed by atoms with E-state index >= 15 is 0 Å². The summed E-state index contributed by atoms with van der Waals surface area (Å²) in [6.07, 6.45) is 8.14. The van der Waals surface area contributed by atoms with Crippen molar-refractivity contribution in [1.82, 2.24) is 0 Å². The lowest BCUT2D eigenvalue weighted by Gasteiger charge is -1.96. The summed E-state index contributed by atoms with van der Waals surface area (Å²) >= 11 is 0. The number of nitrogens with zero attached hydrogens (tertiary/aromatic N) is 1. The summed E-state index contributed by atoms with van der Waals surface area (Å²) in [6, 6.07) is 0. The maximum absolute atomic E-state index is 9.93. The van der Waals surface area contributed by atoms with Crippen LogP contribution in [0, 0.1) is 4.91 Å². The highest BCUT2D eigenvalue weighted by Gasteiger charge is 1.90. The number of aldehydes is 1. The largest absolute Gasteiger partial charge is 0.303 e. The smallest absolute Gasteiger partial charge is 0.119 e. The van der Waals surface area contributed by atoms with Gasteiger partial charge in [-0.2, -0.15) is 4.91 Å². The van der Waals surface area contributed by atoms with E-state index in [1.165, 1.54) is 6.42 Å². The van der Waals surface area contributed by atoms with E-state index in [-0.39, 0.29) is 0 Å². The lowest BCUT2D eigenvalue weighted by atomic mass is 10.1. The van der Waals surface area contributed by atoms with Crippen LogP contribution in [-0.2, 0) is 4.79 Å². The minimum Gasteiger partial charge on any atom is -0.303 e. The van der Waals surface area contributed by atoms with E-state index in [9.17, 15) is 9.70 Å². The summed E-state index contributed by atoms with van der Waals surface area (Å²) in [5.41, 5.74) is 0. The lowest BCUT2D eigenvalue weighted by Crippen LogP contribution is -1.83. The molecule has 3 nitrogen and oxygen atoms in total. The average molecular weight is 171 g/mol. The van der Waals surface area contributed by atoms with Gasteiger partial charge in [-0.3, -0.25) is 0 Å². The van der Waals surface area contributed by atoms with E-state index in [0.29, 0.717) is 13.0 Å². The summed E-state index contributed by atoms with van der Waals surface area (Å²) in [7, 11) is 0. The van der Waals surface area contributed by atoms with Gasteiger partial charge in [0.1, 0.15) is 6.29 Å². The molecule has 0 saturated carbocycles. The Morgan fingerprint density at radius 3 is 2.08 bits per heavy atom. The highest BCUT2D eigenvalue weighted by molar-refractivity contribution is 5.48. The second-order valence-electron chi connectivity index (χ2n) is 2.93. The van der Waals surface area contributed by atoms with Gasteiger partial charge in [-0.1, -0.05) is 30.9 Å². The molecule has 70 valence electrons. The Kier molecular flexibility index (Phi) is 9.65. The van der Waals surface area contributed by atoms with Crippen LogP contribution in [0.5, 0.6) is 0 Å². The van der Waals surface area contributed by atoms with Crippen molar-refractivity contribution in [2.24, 2.45) is 5.18 Å². The molecule has 0 saturated heterocycles. The first-order valence-electron chi connectivity index (χ1n) is 4.64. The normalized spacial score (nSPS) is 9.67. The first-order chi connectivity index (χ1) is 5.91. The Hall–Kier alpha value is -0.730. The van der Waals surface area contributed by atoms with Crippen LogP contribution < -0.4 is 0 Å². The highest BCUT2D eigenvalue weighted by atomic mass is 16.3. The molecule has 0 aliphatic carbocycles. The van der Waals surface area contributed by atoms with Crippen LogP contribution in [0.2, 0.25) is 0 Å². The molecule has 0 fully saturated rings. The number of unbranched alkanes of at least 4 members (excludes halogenated alkanes) is 6. The van der Waals surface area contributed by atoms with Gasteiger partial charge in [-0.15, -0.1) is 0 Å². The average Bonchev–Trinajstić information content (AvgIpc) is 2.10. The predicted octanol–water partition coefficient (Wildman–Crippen LogP) is 2.68. The summed E-state index contributed by atoms with van der Waals surface area (Å²) in [6.45, 7) is 0.453. The topological polar surface area (TPSA) is 46.5 Å². The number of hydrogen-bond acceptors (Lipinski definition) is 3. The van der Waals surface area contributed by atoms with E-state index in [4.69, 9.17) is 0 Å². The van der Waals surface area contributed by atoms with Crippen molar-refractivity contribution in [2.75, 3.05) is 6.54 Å². The lowest BCUT2D eigenvalue weighted by molar-refractivity contribution is -0.107. The summed E-state index contributed by atoms with van der Waals surface area (Å²) < 4.78 is 0. The second kappa shape index (κ2) is 10.3. The molecular weight excluding hydrogens is 154 g/mol. The number of carbonyl (C=O) groups excluding carboxylic acids is 1. The molecule has 0 spiro atoms. The first-order valence-corrected chi connectivity index (χ1v) is 4.64. The Bertz CT molecular complexity index is 101. The fraction of sp³-hybridized carbons (Fsp3) is 0.889. The molecule has 0 bridgehead atoms. The van der Waals surface area contributed by atoms with Crippen LogP contribution in [0.1, 0.15) is 44.9 Å². The molecule has 3 heteroatoms. The highest BCUT2D eigenvalue weighted by Crippen LogP contribution is 2.06. The third-order valence-corrected chi connectivity index (χ3v) is 1.82. The van der Waals surface area contributed by atoms with Crippen molar-refractivity contribution in [3.05, 3.63) is 4.91 Å². The molecule has 0 aliphatic heterocycles. The van der Waals surface area contributed by atoms with E-state index in [1.54, 1.807) is 0 Å². The predicted molar refractivity (Wildman–Crippen MR) is 49.0 cm³/mol. The van der Waals surface area contributed by atoms with Crippen LogP contribution in [0.4, 0.5) is 0 Å². The van der Waals surface area contributed by atoms with Gasteiger partial charge in [0.25, 0.3) is 0 Å². The van der Waals surface area contributed by atoms with Crippen molar-refractivity contribution in [2.45, 2.75) is 44.9 Å². The van der Waals surface area contributed by atoms with Gasteiger partial charge < -0.3 is 4.79 Å². The van der Waals surface area contributed by atoms with Gasteiger partial charge >= 0.3 is 0 Å². The quantitative estimate of drug-likeness (QED) is 0.304. The second-order valence-corrected chi connectivity index (χ2v) is 2.93. The van der Waals surface area contributed by atoms with Crippen LogP contribution >= 0.6 is 0 Å². The first kappa shape index (κ1) is 11.3. The van der Waals surface area contributed by atoms with E-state index in [0.717, 1.165) is 38.4 Å². The molecule has 0 N–H and O–H groups in total. The van der Waals surface area contributed by atoms with Gasteiger partial charge in [-0.05, 0) is 12.8 Å². The van der Waals surface area contributed by atoms with E-state index in [1.807, 2.05) is 0 Å². The van der Waals surface area contributed by atoms with Crippen molar-refractivity contribution in [3.8, 4) is 0 Å². The molecule has 12 heavy (non-hydrogen) atoms. The van der Waals surface area contributed by atoms with E-state index in [2.05, 4.69) is 5.18 Å². The van der Waals surface area contributed by atoms with Crippen LogP contribution in [0.15, 0.2) is 5.18 Å². The fourth-order valence-corrected chi connectivity index (χ4v) is 1.11. The number of carbonyl (C=O) groups is 1. The molecule has 0 aromatic rings. The van der Waals surface area contributed by atoms with E-state index < -0.39 is 0 Å². The zero-order valence-electron chi connectivity index (χ0n) is 7.50. The zero-order valence-corrected chi connectivity index (χ0v) is 7.50. The molecule has 0 unspecified atom stereocenters. The molecule has 0 atom stereocenters. The fourth-order valence-electron chi connectivity index (χ4n) is 1.11. The third kappa shape index (κ3) is 9.27. The summed E-state index contributed by atoms with van der Waals surface area (Å²) in [5.74, 6) is 0.